The van der Waals surface area contributed by atoms with Crippen LogP contribution in [0.1, 0.15) is 18.4 Å². The average Bonchev–Trinajstić information content (AvgIpc) is 2.15. The topological polar surface area (TPSA) is 32.3 Å². The summed E-state index contributed by atoms with van der Waals surface area (Å²) in [6.45, 7) is 3.30. The Morgan fingerprint density at radius 3 is 2.46 bits per heavy atom. The maximum absolute atomic E-state index is 8.57. The van der Waals surface area contributed by atoms with Gasteiger partial charge in [-0.1, -0.05) is 17.7 Å². The minimum absolute atomic E-state index is 0.287. The minimum atomic E-state index is 0.287. The van der Waals surface area contributed by atoms with Crippen molar-refractivity contribution in [3.8, 4) is 0 Å². The van der Waals surface area contributed by atoms with Crippen LogP contribution in [0.2, 0.25) is 0 Å². The fourth-order valence-electron chi connectivity index (χ4n) is 1.14. The van der Waals surface area contributed by atoms with Crippen LogP contribution in [0.15, 0.2) is 24.3 Å². The Balaban J connectivity index is 2.25. The molecule has 0 amide bonds. The predicted molar refractivity (Wildman–Crippen MR) is 56.0 cm³/mol. The summed E-state index contributed by atoms with van der Waals surface area (Å²) >= 11 is 0. The average molecular weight is 179 g/mol. The molecule has 2 nitrogen and oxygen atoms in total. The summed E-state index contributed by atoms with van der Waals surface area (Å²) in [4.78, 5) is 0. The van der Waals surface area contributed by atoms with Crippen LogP contribution >= 0.6 is 0 Å². The van der Waals surface area contributed by atoms with E-state index in [0.29, 0.717) is 0 Å². The molecule has 0 aliphatic rings. The van der Waals surface area contributed by atoms with Gasteiger partial charge in [0.1, 0.15) is 0 Å². The van der Waals surface area contributed by atoms with E-state index >= 15 is 0 Å². The van der Waals surface area contributed by atoms with Gasteiger partial charge in [-0.25, -0.2) is 0 Å². The summed E-state index contributed by atoms with van der Waals surface area (Å²) in [6, 6.07) is 8.34. The number of aryl methyl sites for hydroxylation is 1. The molecular weight excluding hydrogens is 162 g/mol. The zero-order chi connectivity index (χ0) is 9.52. The summed E-state index contributed by atoms with van der Waals surface area (Å²) in [5.74, 6) is 0. The first kappa shape index (κ1) is 10.1. The van der Waals surface area contributed by atoms with E-state index < -0.39 is 0 Å². The SMILES string of the molecule is Cc1ccc(NCCCCO)cc1. The van der Waals surface area contributed by atoms with Crippen LogP contribution < -0.4 is 5.32 Å². The second-order valence-corrected chi connectivity index (χ2v) is 3.22. The standard InChI is InChI=1S/C11H17NO/c1-10-4-6-11(7-5-10)12-8-2-3-9-13/h4-7,12-13H,2-3,8-9H2,1H3. The molecule has 0 aliphatic carbocycles. The highest BCUT2D eigenvalue weighted by molar-refractivity contribution is 5.44. The maximum Gasteiger partial charge on any atom is 0.0431 e. The van der Waals surface area contributed by atoms with Crippen LogP contribution in [0.3, 0.4) is 0 Å². The molecule has 0 heterocycles. The van der Waals surface area contributed by atoms with E-state index in [1.807, 2.05) is 0 Å². The highest BCUT2D eigenvalue weighted by Crippen LogP contribution is 2.08. The van der Waals surface area contributed by atoms with Gasteiger partial charge in [-0.05, 0) is 31.9 Å². The van der Waals surface area contributed by atoms with Crippen molar-refractivity contribution in [2.24, 2.45) is 0 Å². The third-order valence-electron chi connectivity index (χ3n) is 1.97. The molecule has 0 atom stereocenters. The van der Waals surface area contributed by atoms with Crippen molar-refractivity contribution in [1.82, 2.24) is 0 Å². The number of unbranched alkanes of at least 4 members (excludes halogenated alkanes) is 1. The summed E-state index contributed by atoms with van der Waals surface area (Å²) < 4.78 is 0. The molecule has 0 bridgehead atoms. The first-order chi connectivity index (χ1) is 6.33. The molecule has 72 valence electrons. The molecule has 1 aromatic rings. The zero-order valence-electron chi connectivity index (χ0n) is 8.09. The fourth-order valence-corrected chi connectivity index (χ4v) is 1.14. The van der Waals surface area contributed by atoms with Gasteiger partial charge in [-0.15, -0.1) is 0 Å². The molecule has 2 heteroatoms. The van der Waals surface area contributed by atoms with Crippen molar-refractivity contribution < 1.29 is 5.11 Å². The van der Waals surface area contributed by atoms with Gasteiger partial charge in [0.15, 0.2) is 0 Å². The highest BCUT2D eigenvalue weighted by atomic mass is 16.2. The molecule has 2 N–H and O–H groups in total. The first-order valence-electron chi connectivity index (χ1n) is 4.74. The lowest BCUT2D eigenvalue weighted by Gasteiger charge is -2.05. The van der Waals surface area contributed by atoms with Gasteiger partial charge in [-0.3, -0.25) is 0 Å². The molecule has 0 radical (unpaired) electrons. The maximum atomic E-state index is 8.57. The van der Waals surface area contributed by atoms with E-state index in [1.165, 1.54) is 5.56 Å². The van der Waals surface area contributed by atoms with E-state index in [0.717, 1.165) is 25.1 Å². The van der Waals surface area contributed by atoms with Crippen molar-refractivity contribution in [3.05, 3.63) is 29.8 Å². The van der Waals surface area contributed by atoms with E-state index in [2.05, 4.69) is 36.5 Å². The molecular formula is C11H17NO. The Bertz CT molecular complexity index is 230. The lowest BCUT2D eigenvalue weighted by molar-refractivity contribution is 0.286. The molecule has 0 saturated heterocycles. The van der Waals surface area contributed by atoms with Crippen molar-refractivity contribution in [2.45, 2.75) is 19.8 Å². The number of aliphatic hydroxyl groups excluding tert-OH is 1. The minimum Gasteiger partial charge on any atom is -0.396 e. The molecule has 0 aromatic heterocycles. The Morgan fingerprint density at radius 1 is 1.15 bits per heavy atom. The second-order valence-electron chi connectivity index (χ2n) is 3.22. The summed E-state index contributed by atoms with van der Waals surface area (Å²) in [7, 11) is 0. The normalized spacial score (nSPS) is 10.0. The van der Waals surface area contributed by atoms with Gasteiger partial charge >= 0.3 is 0 Å². The van der Waals surface area contributed by atoms with Gasteiger partial charge in [0.2, 0.25) is 0 Å². The Labute approximate surface area is 79.6 Å². The smallest absolute Gasteiger partial charge is 0.0431 e. The van der Waals surface area contributed by atoms with Gasteiger partial charge in [0, 0.05) is 18.8 Å². The van der Waals surface area contributed by atoms with Crippen molar-refractivity contribution >= 4 is 5.69 Å². The van der Waals surface area contributed by atoms with Crippen LogP contribution in [0.25, 0.3) is 0 Å². The Hall–Kier alpha value is -1.02. The van der Waals surface area contributed by atoms with Gasteiger partial charge < -0.3 is 10.4 Å². The van der Waals surface area contributed by atoms with E-state index in [9.17, 15) is 0 Å². The molecule has 13 heavy (non-hydrogen) atoms. The van der Waals surface area contributed by atoms with E-state index in [4.69, 9.17) is 5.11 Å². The summed E-state index contributed by atoms with van der Waals surface area (Å²) in [6.07, 6.45) is 1.89. The fraction of sp³-hybridized carbons (Fsp3) is 0.455. The van der Waals surface area contributed by atoms with E-state index in [1.54, 1.807) is 0 Å². The monoisotopic (exact) mass is 179 g/mol. The lowest BCUT2D eigenvalue weighted by atomic mass is 10.2. The summed E-state index contributed by atoms with van der Waals surface area (Å²) in [5, 5.41) is 11.9. The number of anilines is 1. The van der Waals surface area contributed by atoms with Crippen molar-refractivity contribution in [3.63, 3.8) is 0 Å². The lowest BCUT2D eigenvalue weighted by Crippen LogP contribution is -2.01. The third kappa shape index (κ3) is 3.95. The second kappa shape index (κ2) is 5.60. The number of hydrogen-bond acceptors (Lipinski definition) is 2. The Morgan fingerprint density at radius 2 is 1.85 bits per heavy atom. The molecule has 0 saturated carbocycles. The van der Waals surface area contributed by atoms with Gasteiger partial charge in [0.05, 0.1) is 0 Å². The van der Waals surface area contributed by atoms with Crippen LogP contribution in [0.4, 0.5) is 5.69 Å². The quantitative estimate of drug-likeness (QED) is 0.679. The van der Waals surface area contributed by atoms with Crippen LogP contribution in [-0.4, -0.2) is 18.3 Å². The van der Waals surface area contributed by atoms with Crippen molar-refractivity contribution in [1.29, 1.82) is 0 Å². The summed E-state index contributed by atoms with van der Waals surface area (Å²) in [5.41, 5.74) is 2.43. The molecule has 0 unspecified atom stereocenters. The largest absolute Gasteiger partial charge is 0.396 e. The van der Waals surface area contributed by atoms with E-state index in [-0.39, 0.29) is 6.61 Å². The highest BCUT2D eigenvalue weighted by Gasteiger charge is 1.90. The number of aliphatic hydroxyl groups is 1. The first-order valence-corrected chi connectivity index (χ1v) is 4.74. The van der Waals surface area contributed by atoms with Crippen LogP contribution in [-0.2, 0) is 0 Å². The number of nitrogens with one attached hydrogen (secondary N) is 1. The van der Waals surface area contributed by atoms with Crippen LogP contribution in [0.5, 0.6) is 0 Å². The number of rotatable bonds is 5. The van der Waals surface area contributed by atoms with Gasteiger partial charge in [-0.2, -0.15) is 0 Å². The molecule has 0 aliphatic heterocycles. The van der Waals surface area contributed by atoms with Crippen molar-refractivity contribution in [2.75, 3.05) is 18.5 Å². The predicted octanol–water partition coefficient (Wildman–Crippen LogP) is 2.18. The molecule has 1 rings (SSSR count). The number of hydrogen-bond donors (Lipinski definition) is 2. The molecule has 0 spiro atoms. The Kier molecular flexibility index (Phi) is 4.33. The van der Waals surface area contributed by atoms with Gasteiger partial charge in [0.25, 0.3) is 0 Å². The third-order valence-corrected chi connectivity index (χ3v) is 1.97. The molecule has 0 fully saturated rings. The number of benzene rings is 1. The molecule has 1 aromatic carbocycles. The zero-order valence-corrected chi connectivity index (χ0v) is 8.09. The van der Waals surface area contributed by atoms with Crippen LogP contribution in [0, 0.1) is 6.92 Å².